The summed E-state index contributed by atoms with van der Waals surface area (Å²) in [6.45, 7) is 0. The number of aryl methyl sites for hydroxylation is 1. The van der Waals surface area contributed by atoms with Crippen LogP contribution in [-0.4, -0.2) is 20.7 Å². The number of fused-ring (bicyclic) bond motifs is 6. The van der Waals surface area contributed by atoms with Crippen molar-refractivity contribution < 1.29 is 0 Å². The minimum Gasteiger partial charge on any atom is -0.254 e. The molecule has 4 heterocycles. The highest BCUT2D eigenvalue weighted by Gasteiger charge is 2.20. The number of nitrogens with zero attached hydrogens (tertiary/aromatic N) is 4. The Labute approximate surface area is 197 Å². The maximum Gasteiger partial charge on any atom is 0.0971 e. The van der Waals surface area contributed by atoms with Crippen molar-refractivity contribution in [2.45, 2.75) is 25.7 Å². The second kappa shape index (κ2) is 7.70. The van der Waals surface area contributed by atoms with E-state index in [1.54, 1.807) is 0 Å². The quantitative estimate of drug-likeness (QED) is 0.275. The second-order valence-corrected chi connectivity index (χ2v) is 9.00. The van der Waals surface area contributed by atoms with Gasteiger partial charge < -0.3 is 0 Å². The van der Waals surface area contributed by atoms with Crippen molar-refractivity contribution in [1.29, 1.82) is 0 Å². The molecule has 0 saturated carbocycles. The first-order valence-electron chi connectivity index (χ1n) is 11.8. The van der Waals surface area contributed by atoms with E-state index in [4.69, 9.17) is 9.98 Å². The van der Waals surface area contributed by atoms with Crippen molar-refractivity contribution in [2.24, 2.45) is 4.99 Å². The molecule has 5 aromatic rings. The monoisotopic (exact) mass is 438 g/mol. The fraction of sp³-hybridized carbons (Fsp3) is 0.133. The maximum absolute atomic E-state index is 5.10. The molecule has 0 radical (unpaired) electrons. The van der Waals surface area contributed by atoms with Crippen LogP contribution < -0.4 is 0 Å². The van der Waals surface area contributed by atoms with Crippen molar-refractivity contribution in [3.05, 3.63) is 102 Å². The molecule has 0 fully saturated rings. The van der Waals surface area contributed by atoms with Gasteiger partial charge in [0, 0.05) is 34.3 Å². The van der Waals surface area contributed by atoms with Gasteiger partial charge in [-0.05, 0) is 60.6 Å². The van der Waals surface area contributed by atoms with Crippen LogP contribution in [0.25, 0.3) is 38.3 Å². The number of hydrogen-bond acceptors (Lipinski definition) is 4. The van der Waals surface area contributed by atoms with E-state index in [9.17, 15) is 0 Å². The van der Waals surface area contributed by atoms with Crippen molar-refractivity contribution in [1.82, 2.24) is 15.0 Å². The number of aliphatic imine (C=N–C) groups is 1. The lowest BCUT2D eigenvalue weighted by Crippen LogP contribution is -2.11. The Hall–Kier alpha value is -4.18. The van der Waals surface area contributed by atoms with Crippen LogP contribution in [0.1, 0.15) is 30.5 Å². The lowest BCUT2D eigenvalue weighted by Gasteiger charge is -2.21. The van der Waals surface area contributed by atoms with Crippen molar-refractivity contribution in [2.75, 3.05) is 0 Å². The average molecular weight is 439 g/mol. The summed E-state index contributed by atoms with van der Waals surface area (Å²) in [7, 11) is 0. The molecule has 162 valence electrons. The molecule has 0 atom stereocenters. The zero-order valence-corrected chi connectivity index (χ0v) is 18.7. The Kier molecular flexibility index (Phi) is 4.37. The van der Waals surface area contributed by atoms with Crippen LogP contribution >= 0.6 is 0 Å². The van der Waals surface area contributed by atoms with Gasteiger partial charge in [-0.15, -0.1) is 0 Å². The molecule has 1 aliphatic heterocycles. The highest BCUT2D eigenvalue weighted by atomic mass is 14.8. The Morgan fingerprint density at radius 1 is 0.559 bits per heavy atom. The molecule has 0 unspecified atom stereocenters. The number of rotatable bonds is 2. The highest BCUT2D eigenvalue weighted by Crippen LogP contribution is 2.36. The molecule has 3 aromatic heterocycles. The number of hydrogen-bond donors (Lipinski definition) is 0. The van der Waals surface area contributed by atoms with E-state index in [-0.39, 0.29) is 0 Å². The largest absolute Gasteiger partial charge is 0.254 e. The summed E-state index contributed by atoms with van der Waals surface area (Å²) in [6.07, 6.45) is 12.1. The number of pyridine rings is 3. The molecular weight excluding hydrogens is 416 g/mol. The molecule has 0 saturated heterocycles. The molecule has 34 heavy (non-hydrogen) atoms. The molecule has 1 aliphatic carbocycles. The predicted octanol–water partition coefficient (Wildman–Crippen LogP) is 7.15. The first-order valence-corrected chi connectivity index (χ1v) is 11.8. The minimum atomic E-state index is 0.961. The maximum atomic E-state index is 5.10. The first kappa shape index (κ1) is 19.3. The van der Waals surface area contributed by atoms with E-state index in [1.165, 1.54) is 22.4 Å². The predicted molar refractivity (Wildman–Crippen MR) is 139 cm³/mol. The second-order valence-electron chi connectivity index (χ2n) is 9.00. The normalized spacial score (nSPS) is 15.7. The summed E-state index contributed by atoms with van der Waals surface area (Å²) in [5.41, 5.74) is 10.1. The molecule has 2 aromatic carbocycles. The van der Waals surface area contributed by atoms with Crippen LogP contribution in [0.15, 0.2) is 95.8 Å². The minimum absolute atomic E-state index is 0.961. The van der Waals surface area contributed by atoms with Crippen LogP contribution in [0.4, 0.5) is 5.69 Å². The third-order valence-electron chi connectivity index (χ3n) is 6.99. The Morgan fingerprint density at radius 2 is 1.24 bits per heavy atom. The molecule has 2 aliphatic rings. The highest BCUT2D eigenvalue weighted by molar-refractivity contribution is 6.07. The Morgan fingerprint density at radius 3 is 2.06 bits per heavy atom. The van der Waals surface area contributed by atoms with Gasteiger partial charge in [0.15, 0.2) is 0 Å². The van der Waals surface area contributed by atoms with Gasteiger partial charge >= 0.3 is 0 Å². The zero-order valence-electron chi connectivity index (χ0n) is 18.7. The van der Waals surface area contributed by atoms with Crippen LogP contribution in [-0.2, 0) is 6.42 Å². The van der Waals surface area contributed by atoms with Gasteiger partial charge in [-0.2, -0.15) is 0 Å². The Balaban J connectivity index is 1.26. The summed E-state index contributed by atoms with van der Waals surface area (Å²) >= 11 is 0. The summed E-state index contributed by atoms with van der Waals surface area (Å²) in [4.78, 5) is 19.3. The van der Waals surface area contributed by atoms with Gasteiger partial charge in [0.25, 0.3) is 0 Å². The fourth-order valence-electron chi connectivity index (χ4n) is 5.17. The Bertz CT molecular complexity index is 1710. The standard InChI is InChI=1S/C30H22N4/c1-3-21-9-11-23-13-15-25(33-29(23)27(21)31-17-1)19-5-7-20(8-6-19)26-16-14-24-12-10-22-4-2-18-32-28(22)30(24)34-26/h1-5,7,9-13,15,17-18H,6,8,14,16H2. The molecular formula is C30H22N4. The summed E-state index contributed by atoms with van der Waals surface area (Å²) < 4.78 is 0. The first-order chi connectivity index (χ1) is 16.8. The molecule has 4 heteroatoms. The molecule has 0 bridgehead atoms. The van der Waals surface area contributed by atoms with Crippen LogP contribution in [0, 0.1) is 0 Å². The van der Waals surface area contributed by atoms with Gasteiger partial charge in [0.05, 0.1) is 27.9 Å². The third kappa shape index (κ3) is 3.14. The van der Waals surface area contributed by atoms with Gasteiger partial charge in [-0.25, -0.2) is 4.98 Å². The lowest BCUT2D eigenvalue weighted by molar-refractivity contribution is 0.960. The smallest absolute Gasteiger partial charge is 0.0971 e. The van der Waals surface area contributed by atoms with E-state index in [1.807, 2.05) is 24.5 Å². The third-order valence-corrected chi connectivity index (χ3v) is 6.99. The van der Waals surface area contributed by atoms with Gasteiger partial charge in [0.1, 0.15) is 0 Å². The van der Waals surface area contributed by atoms with E-state index in [0.717, 1.165) is 69.8 Å². The van der Waals surface area contributed by atoms with Crippen molar-refractivity contribution in [3.8, 4) is 0 Å². The van der Waals surface area contributed by atoms with E-state index >= 15 is 0 Å². The molecule has 0 spiro atoms. The lowest BCUT2D eigenvalue weighted by atomic mass is 9.89. The zero-order chi connectivity index (χ0) is 22.5. The SMILES string of the molecule is C1=C(C2=Nc3c(ccc4cccnc34)CC2)CCC(c2ccc3ccc4cccnc4c3n2)=C1. The van der Waals surface area contributed by atoms with Gasteiger partial charge in [0.2, 0.25) is 0 Å². The van der Waals surface area contributed by atoms with E-state index in [0.29, 0.717) is 0 Å². The molecule has 7 rings (SSSR count). The number of allylic oxidation sites excluding steroid dienone is 4. The van der Waals surface area contributed by atoms with Crippen LogP contribution in [0.2, 0.25) is 0 Å². The summed E-state index contributed by atoms with van der Waals surface area (Å²) in [5.74, 6) is 0. The van der Waals surface area contributed by atoms with E-state index < -0.39 is 0 Å². The topological polar surface area (TPSA) is 51.0 Å². The molecule has 4 nitrogen and oxygen atoms in total. The van der Waals surface area contributed by atoms with Crippen molar-refractivity contribution in [3.63, 3.8) is 0 Å². The average Bonchev–Trinajstić information content (AvgIpc) is 2.92. The fourth-order valence-corrected chi connectivity index (χ4v) is 5.17. The van der Waals surface area contributed by atoms with Gasteiger partial charge in [-0.3, -0.25) is 15.0 Å². The number of aromatic nitrogens is 3. The van der Waals surface area contributed by atoms with Crippen molar-refractivity contribution >= 4 is 49.7 Å². The van der Waals surface area contributed by atoms with E-state index in [2.05, 4.69) is 70.7 Å². The summed E-state index contributed by atoms with van der Waals surface area (Å²) in [6, 6.07) is 21.0. The summed E-state index contributed by atoms with van der Waals surface area (Å²) in [5, 5.41) is 3.39. The number of benzene rings is 2. The molecule has 0 amide bonds. The van der Waals surface area contributed by atoms with Crippen LogP contribution in [0.5, 0.6) is 0 Å². The molecule has 0 N–H and O–H groups in total. The van der Waals surface area contributed by atoms with Crippen LogP contribution in [0.3, 0.4) is 0 Å². The van der Waals surface area contributed by atoms with Gasteiger partial charge in [-0.1, -0.05) is 54.6 Å².